The molecule has 0 aromatic heterocycles. The zero-order valence-corrected chi connectivity index (χ0v) is 31.2. The van der Waals surface area contributed by atoms with Gasteiger partial charge in [0, 0.05) is 28.6 Å². The molecular formula is C54H34O2. The van der Waals surface area contributed by atoms with Crippen molar-refractivity contribution in [1.82, 2.24) is 0 Å². The average molecular weight is 715 g/mol. The molecule has 10 aromatic rings. The van der Waals surface area contributed by atoms with Gasteiger partial charge in [-0.15, -0.1) is 0 Å². The molecule has 0 heterocycles. The first-order valence-corrected chi connectivity index (χ1v) is 21.6. The zero-order chi connectivity index (χ0) is 35.7. The fourth-order valence-corrected chi connectivity index (χ4v) is 17.6. The largest absolute Gasteiger partial charge is 0.466 e. The molecule has 0 bridgehead atoms. The number of ether oxygens (including phenoxy) is 1. The van der Waals surface area contributed by atoms with Crippen LogP contribution in [-0.2, 0) is 39.6 Å². The maximum absolute atomic E-state index is 13.4. The molecule has 5 atom stereocenters. The molecule has 10 aromatic carbocycles. The second-order valence-electron chi connectivity index (χ2n) is 19.6. The minimum atomic E-state index is -0.125. The lowest BCUT2D eigenvalue weighted by molar-refractivity contribution is -0.143. The third kappa shape index (κ3) is 2.08. The Bertz CT molecular complexity index is 3810. The lowest BCUT2D eigenvalue weighted by Crippen LogP contribution is -2.36. The number of unbranched alkanes of at least 4 members (excludes halogenated alkanes) is 1. The van der Waals surface area contributed by atoms with Crippen LogP contribution in [0.5, 0.6) is 0 Å². The molecule has 262 valence electrons. The maximum Gasteiger partial charge on any atom is 0.305 e. The Balaban J connectivity index is 1.09. The van der Waals surface area contributed by atoms with Gasteiger partial charge in [0.1, 0.15) is 0 Å². The molecule has 0 amide bonds. The molecule has 18 rings (SSSR count). The van der Waals surface area contributed by atoms with Gasteiger partial charge in [-0.2, -0.15) is 0 Å². The number of esters is 1. The van der Waals surface area contributed by atoms with Crippen LogP contribution >= 0.6 is 0 Å². The van der Waals surface area contributed by atoms with Gasteiger partial charge in [0.25, 0.3) is 0 Å². The molecule has 2 heteroatoms. The third-order valence-corrected chi connectivity index (χ3v) is 18.3. The zero-order valence-electron chi connectivity index (χ0n) is 31.2. The number of hydrogen-bond acceptors (Lipinski definition) is 2. The van der Waals surface area contributed by atoms with E-state index in [1.165, 1.54) is 16.2 Å². The lowest BCUT2D eigenvalue weighted by atomic mass is 9.62. The minimum Gasteiger partial charge on any atom is -0.466 e. The van der Waals surface area contributed by atoms with Gasteiger partial charge in [-0.3, -0.25) is 4.79 Å². The molecule has 2 nitrogen and oxygen atoms in total. The number of rotatable bonds is 8. The summed E-state index contributed by atoms with van der Waals surface area (Å²) in [6.45, 7) is 2.70. The second kappa shape index (κ2) is 7.64. The molecule has 0 radical (unpaired) electrons. The molecule has 1 saturated carbocycles. The first-order valence-electron chi connectivity index (χ1n) is 21.6. The van der Waals surface area contributed by atoms with E-state index in [2.05, 4.69) is 73.7 Å². The van der Waals surface area contributed by atoms with Crippen molar-refractivity contribution in [3.8, 4) is 0 Å². The highest BCUT2D eigenvalue weighted by Gasteiger charge is 2.95. The first kappa shape index (κ1) is 27.2. The molecule has 0 saturated heterocycles. The monoisotopic (exact) mass is 714 g/mol. The molecule has 1 fully saturated rings. The van der Waals surface area contributed by atoms with E-state index in [0.717, 1.165) is 44.9 Å². The van der Waals surface area contributed by atoms with E-state index >= 15 is 0 Å². The van der Waals surface area contributed by atoms with Gasteiger partial charge in [-0.1, -0.05) is 74.0 Å². The van der Waals surface area contributed by atoms with Crippen LogP contribution in [0.25, 0.3) is 92.3 Å². The maximum atomic E-state index is 13.4. The summed E-state index contributed by atoms with van der Waals surface area (Å²) < 4.78 is 5.82. The third-order valence-electron chi connectivity index (χ3n) is 18.3. The summed E-state index contributed by atoms with van der Waals surface area (Å²) in [5.74, 6) is 0.716. The molecule has 8 aliphatic rings. The van der Waals surface area contributed by atoms with Crippen molar-refractivity contribution in [2.24, 2.45) is 11.3 Å². The van der Waals surface area contributed by atoms with E-state index < -0.39 is 0 Å². The first-order chi connectivity index (χ1) is 27.6. The van der Waals surface area contributed by atoms with Crippen molar-refractivity contribution in [2.45, 2.75) is 75.0 Å². The Labute approximate surface area is 321 Å². The highest BCUT2D eigenvalue weighted by Crippen LogP contribution is 2.97. The average Bonchev–Trinajstić information content (AvgIpc) is 3.91. The van der Waals surface area contributed by atoms with Crippen LogP contribution in [0.2, 0.25) is 0 Å². The summed E-state index contributed by atoms with van der Waals surface area (Å²) in [6.07, 6.45) is 13.1. The van der Waals surface area contributed by atoms with Gasteiger partial charge < -0.3 is 4.74 Å². The molecule has 8 aliphatic carbocycles. The fraction of sp³-hybridized carbons (Fsp3) is 0.278. The predicted molar refractivity (Wildman–Crippen MR) is 226 cm³/mol. The van der Waals surface area contributed by atoms with Crippen molar-refractivity contribution in [2.75, 3.05) is 6.61 Å². The van der Waals surface area contributed by atoms with Crippen molar-refractivity contribution >= 4 is 98.2 Å². The Morgan fingerprint density at radius 1 is 0.679 bits per heavy atom. The number of hydrogen-bond donors (Lipinski definition) is 0. The number of carbonyl (C=O) groups excluding carboxylic acids is 1. The molecule has 0 N–H and O–H groups in total. The van der Waals surface area contributed by atoms with Crippen LogP contribution in [0.3, 0.4) is 0 Å². The number of carbonyl (C=O) groups is 1. The topological polar surface area (TPSA) is 26.3 Å². The standard InChI is InChI=1S/C54H34O2/c1-2-3-12-56-32(55)10-7-11-52(29-8-5-4-6-9-29)53-30-19-27-17-24-13-22-15-26-16-23-14-25-18-28-20-31(21-30)54(52,53)51-39(28)43-36(25)34(23)41-37(26)40-33(22)35(24)42-38(27)50(53)48-46(42)44(40)45(41)47(43)49(48)51/h4-6,8-9,13,16-19,21,31,50H,2-3,7,10-12,14-15,20H2,1H3. The summed E-state index contributed by atoms with van der Waals surface area (Å²) in [5.41, 5.74) is 15.8. The predicted octanol–water partition coefficient (Wildman–Crippen LogP) is 11.2. The number of allylic oxidation sites excluding steroid dienone is 2. The molecular weight excluding hydrogens is 681 g/mol. The Morgan fingerprint density at radius 3 is 2.18 bits per heavy atom. The highest BCUT2D eigenvalue weighted by molar-refractivity contribution is 6.57. The van der Waals surface area contributed by atoms with Crippen LogP contribution in [0.4, 0.5) is 0 Å². The van der Waals surface area contributed by atoms with E-state index in [1.54, 1.807) is 131 Å². The summed E-state index contributed by atoms with van der Waals surface area (Å²) in [4.78, 5) is 13.4. The summed E-state index contributed by atoms with van der Waals surface area (Å²) in [5, 5.41) is 27.2. The van der Waals surface area contributed by atoms with Crippen LogP contribution in [-0.4, -0.2) is 12.6 Å². The quantitative estimate of drug-likeness (QED) is 0.0890. The molecule has 2 spiro atoms. The van der Waals surface area contributed by atoms with Crippen molar-refractivity contribution in [3.63, 3.8) is 0 Å². The summed E-state index contributed by atoms with van der Waals surface area (Å²) >= 11 is 0. The van der Waals surface area contributed by atoms with E-state index in [-0.39, 0.29) is 22.2 Å². The number of benzene rings is 7. The van der Waals surface area contributed by atoms with E-state index in [9.17, 15) is 4.79 Å². The van der Waals surface area contributed by atoms with E-state index in [1.807, 2.05) is 0 Å². The van der Waals surface area contributed by atoms with Gasteiger partial charge in [0.05, 0.1) is 6.61 Å². The van der Waals surface area contributed by atoms with Crippen molar-refractivity contribution in [1.29, 1.82) is 0 Å². The smallest absolute Gasteiger partial charge is 0.305 e. The van der Waals surface area contributed by atoms with Gasteiger partial charge >= 0.3 is 5.97 Å². The Hall–Kier alpha value is -5.47. The van der Waals surface area contributed by atoms with Crippen molar-refractivity contribution < 1.29 is 9.53 Å². The molecule has 56 heavy (non-hydrogen) atoms. The van der Waals surface area contributed by atoms with E-state index in [4.69, 9.17) is 4.74 Å². The second-order valence-corrected chi connectivity index (χ2v) is 19.6. The van der Waals surface area contributed by atoms with E-state index in [0.29, 0.717) is 24.9 Å². The summed E-state index contributed by atoms with van der Waals surface area (Å²) in [7, 11) is 0. The van der Waals surface area contributed by atoms with Crippen molar-refractivity contribution in [3.05, 3.63) is 122 Å². The van der Waals surface area contributed by atoms with Crippen LogP contribution in [0, 0.1) is 11.3 Å². The lowest BCUT2D eigenvalue weighted by Gasteiger charge is -2.39. The summed E-state index contributed by atoms with van der Waals surface area (Å²) in [6, 6.07) is 22.4. The minimum absolute atomic E-state index is 0.0194. The molecule has 0 aliphatic heterocycles. The SMILES string of the molecule is CCCCOC(=O)CCCC1(c2ccccc2)C23C4=CC5Cc6cc7c8c9c(cc%10c%11c%12c%13c(cc%14cc(c%15c(c%16c(c%17c(c6c8c%17c(c9%11)c%16%12)C512)C%153)c%14%13)=C4)C%10)C7. The van der Waals surface area contributed by atoms with Gasteiger partial charge in [-0.25, -0.2) is 0 Å². The van der Waals surface area contributed by atoms with Gasteiger partial charge in [-0.05, 0) is 198 Å². The Kier molecular flexibility index (Phi) is 3.71. The Morgan fingerprint density at radius 2 is 1.36 bits per heavy atom. The highest BCUT2D eigenvalue weighted by atomic mass is 16.5. The van der Waals surface area contributed by atoms with Crippen LogP contribution in [0.15, 0.2) is 66.2 Å². The van der Waals surface area contributed by atoms with Gasteiger partial charge in [0.2, 0.25) is 0 Å². The van der Waals surface area contributed by atoms with Crippen LogP contribution < -0.4 is 5.22 Å². The normalized spacial score (nSPS) is 28.1. The fourth-order valence-electron chi connectivity index (χ4n) is 17.6. The van der Waals surface area contributed by atoms with Gasteiger partial charge in [0.15, 0.2) is 0 Å². The van der Waals surface area contributed by atoms with Crippen LogP contribution in [0.1, 0.15) is 95.0 Å². The molecule has 5 unspecified atom stereocenters.